The molecule has 4 nitrogen and oxygen atoms in total. The maximum absolute atomic E-state index is 11.5. The van der Waals surface area contributed by atoms with Crippen LogP contribution >= 0.6 is 0 Å². The highest BCUT2D eigenvalue weighted by atomic mass is 16.3. The van der Waals surface area contributed by atoms with E-state index in [0.717, 1.165) is 32.4 Å². The summed E-state index contributed by atoms with van der Waals surface area (Å²) >= 11 is 0. The van der Waals surface area contributed by atoms with Gasteiger partial charge in [-0.25, -0.2) is 0 Å². The van der Waals surface area contributed by atoms with Crippen molar-refractivity contribution in [2.75, 3.05) is 19.7 Å². The summed E-state index contributed by atoms with van der Waals surface area (Å²) < 4.78 is 0. The number of allylic oxidation sites excluding steroid dienone is 1. The van der Waals surface area contributed by atoms with Crippen molar-refractivity contribution in [3.63, 3.8) is 0 Å². The van der Waals surface area contributed by atoms with Gasteiger partial charge < -0.3 is 15.1 Å². The first kappa shape index (κ1) is 12.0. The molecule has 15 heavy (non-hydrogen) atoms. The molecule has 2 N–H and O–H groups in total. The molecule has 0 aromatic carbocycles. The highest BCUT2D eigenvalue weighted by Crippen LogP contribution is 2.20. The summed E-state index contributed by atoms with van der Waals surface area (Å²) in [7, 11) is 0. The summed E-state index contributed by atoms with van der Waals surface area (Å²) in [5, 5.41) is 17.8. The number of likely N-dealkylation sites (tertiary alicyclic amines) is 1. The molecule has 0 radical (unpaired) electrons. The minimum absolute atomic E-state index is 0.0532. The molecule has 4 heteroatoms. The average Bonchev–Trinajstić information content (AvgIpc) is 2.18. The molecular weight excluding hydrogens is 194 g/mol. The Hall–Kier alpha value is -1.03. The lowest BCUT2D eigenvalue weighted by Crippen LogP contribution is -2.37. The molecule has 0 unspecified atom stereocenters. The monoisotopic (exact) mass is 213 g/mol. The van der Waals surface area contributed by atoms with E-state index in [1.165, 1.54) is 13.0 Å². The molecule has 1 aliphatic rings. The van der Waals surface area contributed by atoms with E-state index in [2.05, 4.69) is 0 Å². The molecule has 0 atom stereocenters. The molecular formula is C11H19NO3. The van der Waals surface area contributed by atoms with Crippen LogP contribution in [-0.4, -0.2) is 40.7 Å². The zero-order valence-electron chi connectivity index (χ0n) is 9.15. The summed E-state index contributed by atoms with van der Waals surface area (Å²) in [4.78, 5) is 13.3. The Balaban J connectivity index is 2.37. The third kappa shape index (κ3) is 3.91. The van der Waals surface area contributed by atoms with Crippen LogP contribution in [0.1, 0.15) is 26.2 Å². The molecule has 0 bridgehead atoms. The van der Waals surface area contributed by atoms with Crippen molar-refractivity contribution in [3.8, 4) is 0 Å². The molecule has 0 spiro atoms. The molecule has 1 rings (SSSR count). The first-order valence-corrected chi connectivity index (χ1v) is 5.40. The largest absolute Gasteiger partial charge is 0.512 e. The molecule has 0 aromatic heterocycles. The van der Waals surface area contributed by atoms with Gasteiger partial charge in [0.2, 0.25) is 5.91 Å². The zero-order valence-corrected chi connectivity index (χ0v) is 9.15. The van der Waals surface area contributed by atoms with E-state index >= 15 is 0 Å². The molecule has 1 heterocycles. The van der Waals surface area contributed by atoms with E-state index in [1.807, 2.05) is 0 Å². The Morgan fingerprint density at radius 3 is 2.53 bits per heavy atom. The van der Waals surface area contributed by atoms with Gasteiger partial charge in [0.25, 0.3) is 0 Å². The maximum Gasteiger partial charge on any atom is 0.249 e. The van der Waals surface area contributed by atoms with Crippen LogP contribution in [0.4, 0.5) is 0 Å². The van der Waals surface area contributed by atoms with Gasteiger partial charge in [-0.2, -0.15) is 0 Å². The highest BCUT2D eigenvalue weighted by Gasteiger charge is 2.21. The number of amides is 1. The third-order valence-electron chi connectivity index (χ3n) is 2.80. The van der Waals surface area contributed by atoms with Crippen LogP contribution in [0.25, 0.3) is 0 Å². The summed E-state index contributed by atoms with van der Waals surface area (Å²) in [5.74, 6) is 0.480. The Morgan fingerprint density at radius 2 is 2.07 bits per heavy atom. The van der Waals surface area contributed by atoms with Crippen LogP contribution in [-0.2, 0) is 4.79 Å². The van der Waals surface area contributed by atoms with Crippen molar-refractivity contribution in [3.05, 3.63) is 11.8 Å². The van der Waals surface area contributed by atoms with E-state index < -0.39 is 0 Å². The average molecular weight is 213 g/mol. The lowest BCUT2D eigenvalue weighted by molar-refractivity contribution is -0.127. The number of piperidine rings is 1. The van der Waals surface area contributed by atoms with Crippen molar-refractivity contribution in [2.45, 2.75) is 26.2 Å². The zero-order chi connectivity index (χ0) is 11.3. The van der Waals surface area contributed by atoms with Gasteiger partial charge in [-0.05, 0) is 32.1 Å². The topological polar surface area (TPSA) is 60.8 Å². The normalized spacial score (nSPS) is 19.3. The Kier molecular flexibility index (Phi) is 4.62. The minimum atomic E-state index is -0.113. The van der Waals surface area contributed by atoms with Gasteiger partial charge in [-0.15, -0.1) is 0 Å². The van der Waals surface area contributed by atoms with Crippen molar-refractivity contribution in [1.82, 2.24) is 4.90 Å². The number of aliphatic hydroxyl groups is 2. The van der Waals surface area contributed by atoms with Crippen LogP contribution in [0.5, 0.6) is 0 Å². The van der Waals surface area contributed by atoms with Crippen LogP contribution in [0.2, 0.25) is 0 Å². The van der Waals surface area contributed by atoms with Gasteiger partial charge >= 0.3 is 0 Å². The van der Waals surface area contributed by atoms with Crippen LogP contribution < -0.4 is 0 Å². The number of nitrogens with zero attached hydrogens (tertiary/aromatic N) is 1. The smallest absolute Gasteiger partial charge is 0.249 e. The Morgan fingerprint density at radius 1 is 1.47 bits per heavy atom. The highest BCUT2D eigenvalue weighted by molar-refractivity contribution is 5.87. The molecule has 0 aliphatic carbocycles. The number of carbonyl (C=O) groups excluding carboxylic acids is 1. The second-order valence-electron chi connectivity index (χ2n) is 4.07. The van der Waals surface area contributed by atoms with Gasteiger partial charge in [-0.3, -0.25) is 4.79 Å². The van der Waals surface area contributed by atoms with Crippen molar-refractivity contribution >= 4 is 5.91 Å². The number of hydrogen-bond donors (Lipinski definition) is 2. The Labute approximate surface area is 90.2 Å². The first-order valence-electron chi connectivity index (χ1n) is 5.40. The van der Waals surface area contributed by atoms with Gasteiger partial charge in [0.05, 0.1) is 5.76 Å². The van der Waals surface area contributed by atoms with Crippen molar-refractivity contribution in [2.24, 2.45) is 5.92 Å². The number of carbonyl (C=O) groups is 1. The summed E-state index contributed by atoms with van der Waals surface area (Å²) in [6, 6.07) is 0. The SMILES string of the molecule is CC(O)=CC(=O)N1CCC(CCO)CC1. The summed E-state index contributed by atoms with van der Waals surface area (Å²) in [6.07, 6.45) is 3.98. The van der Waals surface area contributed by atoms with Crippen molar-refractivity contribution in [1.29, 1.82) is 0 Å². The van der Waals surface area contributed by atoms with E-state index in [1.54, 1.807) is 4.90 Å². The first-order chi connectivity index (χ1) is 7.13. The molecule has 1 aliphatic heterocycles. The number of hydrogen-bond acceptors (Lipinski definition) is 3. The molecule has 1 amide bonds. The quantitative estimate of drug-likeness (QED) is 0.544. The van der Waals surface area contributed by atoms with E-state index in [9.17, 15) is 4.79 Å². The van der Waals surface area contributed by atoms with Crippen LogP contribution in [0.15, 0.2) is 11.8 Å². The summed E-state index contributed by atoms with van der Waals surface area (Å²) in [5.41, 5.74) is 0. The molecule has 1 saturated heterocycles. The fourth-order valence-corrected chi connectivity index (χ4v) is 1.89. The molecule has 1 fully saturated rings. The maximum atomic E-state index is 11.5. The van der Waals surface area contributed by atoms with Gasteiger partial charge in [0, 0.05) is 25.8 Å². The van der Waals surface area contributed by atoms with Gasteiger partial charge in [0.1, 0.15) is 0 Å². The second-order valence-corrected chi connectivity index (χ2v) is 4.07. The van der Waals surface area contributed by atoms with Gasteiger partial charge in [-0.1, -0.05) is 0 Å². The Bertz CT molecular complexity index is 238. The predicted molar refractivity (Wildman–Crippen MR) is 57.4 cm³/mol. The summed E-state index contributed by atoms with van der Waals surface area (Å²) in [6.45, 7) is 3.19. The fraction of sp³-hybridized carbons (Fsp3) is 0.727. The third-order valence-corrected chi connectivity index (χ3v) is 2.80. The molecule has 0 saturated carbocycles. The second kappa shape index (κ2) is 5.75. The van der Waals surface area contributed by atoms with Crippen LogP contribution in [0, 0.1) is 5.92 Å². The lowest BCUT2D eigenvalue weighted by atomic mass is 9.94. The number of aliphatic hydroxyl groups excluding tert-OH is 2. The molecule has 0 aromatic rings. The lowest BCUT2D eigenvalue weighted by Gasteiger charge is -2.31. The standard InChI is InChI=1S/C11H19NO3/c1-9(14)8-11(15)12-5-2-10(3-6-12)4-7-13/h8,10,13-14H,2-7H2,1H3. The fourth-order valence-electron chi connectivity index (χ4n) is 1.89. The minimum Gasteiger partial charge on any atom is -0.512 e. The van der Waals surface area contributed by atoms with Crippen LogP contribution in [0.3, 0.4) is 0 Å². The molecule has 86 valence electrons. The predicted octanol–water partition coefficient (Wildman–Crippen LogP) is 1.07. The number of rotatable bonds is 3. The van der Waals surface area contributed by atoms with E-state index in [4.69, 9.17) is 10.2 Å². The van der Waals surface area contributed by atoms with Gasteiger partial charge in [0.15, 0.2) is 0 Å². The van der Waals surface area contributed by atoms with Crippen molar-refractivity contribution < 1.29 is 15.0 Å². The van der Waals surface area contributed by atoms with E-state index in [-0.39, 0.29) is 18.3 Å². The van der Waals surface area contributed by atoms with E-state index in [0.29, 0.717) is 5.92 Å².